The maximum absolute atomic E-state index is 13.3. The van der Waals surface area contributed by atoms with Crippen LogP contribution in [0.3, 0.4) is 0 Å². The molecule has 2 aromatic heterocycles. The average molecular weight is 428 g/mol. The molecule has 166 valence electrons. The quantitative estimate of drug-likeness (QED) is 0.568. The monoisotopic (exact) mass is 428 g/mol. The van der Waals surface area contributed by atoms with Crippen LogP contribution in [0, 0.1) is 10.8 Å². The van der Waals surface area contributed by atoms with E-state index in [0.717, 1.165) is 32.1 Å². The van der Waals surface area contributed by atoms with Crippen LogP contribution < -0.4 is 22.8 Å². The molecule has 3 fully saturated rings. The number of hydrogen-bond donors (Lipinski definition) is 0. The van der Waals surface area contributed by atoms with Crippen molar-refractivity contribution in [3.05, 3.63) is 41.9 Å². The summed E-state index contributed by atoms with van der Waals surface area (Å²) in [7, 11) is 3.09. The largest absolute Gasteiger partial charge is 0.347 e. The molecule has 7 aliphatic rings. The SMILES string of the molecule is Cn1c(=O)n2n(c1=O)[C@]1(C)CC[C@]2(C)C23CC21[C@]1(C)CC[C@]3(C)n2c(=O)n(C)c(=O)n21. The summed E-state index contributed by atoms with van der Waals surface area (Å²) in [4.78, 5) is 53.4. The lowest BCUT2D eigenvalue weighted by molar-refractivity contribution is -0.247. The van der Waals surface area contributed by atoms with Gasteiger partial charge in [-0.15, -0.1) is 0 Å². The van der Waals surface area contributed by atoms with Gasteiger partial charge in [0.25, 0.3) is 0 Å². The number of aromatic nitrogens is 6. The fraction of sp³-hybridized carbons (Fsp3) is 0.810. The summed E-state index contributed by atoms with van der Waals surface area (Å²) < 4.78 is 9.30. The Hall–Kier alpha value is -2.52. The van der Waals surface area contributed by atoms with Crippen LogP contribution in [0.15, 0.2) is 19.2 Å². The van der Waals surface area contributed by atoms with Gasteiger partial charge in [-0.25, -0.2) is 47.0 Å². The summed E-state index contributed by atoms with van der Waals surface area (Å²) >= 11 is 0. The molecule has 10 heteroatoms. The van der Waals surface area contributed by atoms with Gasteiger partial charge in [-0.3, -0.25) is 0 Å². The second kappa shape index (κ2) is 4.11. The van der Waals surface area contributed by atoms with Gasteiger partial charge in [0.2, 0.25) is 0 Å². The second-order valence-electron chi connectivity index (χ2n) is 11.6. The third-order valence-corrected chi connectivity index (χ3v) is 11.2. The Bertz CT molecular complexity index is 1300. The van der Waals surface area contributed by atoms with Gasteiger partial charge < -0.3 is 0 Å². The molecule has 0 spiro atoms. The lowest BCUT2D eigenvalue weighted by atomic mass is 9.44. The van der Waals surface area contributed by atoms with Crippen LogP contribution >= 0.6 is 0 Å². The van der Waals surface area contributed by atoms with Gasteiger partial charge in [-0.1, -0.05) is 0 Å². The van der Waals surface area contributed by atoms with Crippen LogP contribution in [0.2, 0.25) is 0 Å². The molecule has 31 heavy (non-hydrogen) atoms. The highest BCUT2D eigenvalue weighted by atomic mass is 16.2. The van der Waals surface area contributed by atoms with Crippen LogP contribution in [-0.2, 0) is 36.3 Å². The van der Waals surface area contributed by atoms with Crippen LogP contribution in [0.4, 0.5) is 0 Å². The summed E-state index contributed by atoms with van der Waals surface area (Å²) in [6.07, 6.45) is 3.88. The third-order valence-electron chi connectivity index (χ3n) is 11.2. The maximum Gasteiger partial charge on any atom is 0.347 e. The van der Waals surface area contributed by atoms with Crippen molar-refractivity contribution in [1.29, 1.82) is 0 Å². The Morgan fingerprint density at radius 2 is 0.742 bits per heavy atom. The van der Waals surface area contributed by atoms with E-state index in [4.69, 9.17) is 0 Å². The summed E-state index contributed by atoms with van der Waals surface area (Å²) in [5.41, 5.74) is -4.40. The summed E-state index contributed by atoms with van der Waals surface area (Å²) in [6.45, 7) is 8.43. The van der Waals surface area contributed by atoms with Crippen LogP contribution in [0.1, 0.15) is 59.8 Å². The molecule has 3 aliphatic carbocycles. The average Bonchev–Trinajstić information content (AvgIpc) is 3.40. The molecule has 10 nitrogen and oxygen atoms in total. The van der Waals surface area contributed by atoms with Crippen molar-refractivity contribution in [3.8, 4) is 0 Å². The van der Waals surface area contributed by atoms with Gasteiger partial charge in [-0.05, 0) is 59.8 Å². The lowest BCUT2D eigenvalue weighted by Crippen LogP contribution is -2.81. The molecular weight excluding hydrogens is 400 g/mol. The minimum Gasteiger partial charge on any atom is -0.246 e. The predicted molar refractivity (Wildman–Crippen MR) is 110 cm³/mol. The van der Waals surface area contributed by atoms with Crippen molar-refractivity contribution in [2.24, 2.45) is 24.9 Å². The van der Waals surface area contributed by atoms with E-state index in [1.54, 1.807) is 32.8 Å². The first-order valence-corrected chi connectivity index (χ1v) is 11.2. The van der Waals surface area contributed by atoms with Crippen molar-refractivity contribution < 1.29 is 0 Å². The fourth-order valence-electron chi connectivity index (χ4n) is 9.89. The zero-order valence-electron chi connectivity index (χ0n) is 18.9. The zero-order valence-corrected chi connectivity index (χ0v) is 18.9. The Morgan fingerprint density at radius 3 is 0.968 bits per heavy atom. The van der Waals surface area contributed by atoms with E-state index in [9.17, 15) is 19.2 Å². The standard InChI is InChI=1S/C21H28N6O4/c1-16-7-8-18(3,25-13(29)22(5)12(28)24(16)25)21-11-20(16,21)17(2)9-10-19(21,4)27-15(31)23(6)14(30)26(17)27/h7-11H2,1-6H3/t16-,17+,18-,19+,20?,21?. The number of hydrogen-bond acceptors (Lipinski definition) is 4. The second-order valence-corrected chi connectivity index (χ2v) is 11.6. The van der Waals surface area contributed by atoms with Gasteiger partial charge in [0.1, 0.15) is 0 Å². The van der Waals surface area contributed by atoms with Gasteiger partial charge in [-0.2, -0.15) is 0 Å². The van der Waals surface area contributed by atoms with E-state index >= 15 is 0 Å². The minimum atomic E-state index is -0.616. The van der Waals surface area contributed by atoms with E-state index in [-0.39, 0.29) is 33.6 Å². The van der Waals surface area contributed by atoms with Crippen LogP contribution in [0.25, 0.3) is 0 Å². The third kappa shape index (κ3) is 1.15. The number of fused-ring (bicyclic) bond motifs is 2. The molecule has 3 saturated carbocycles. The Labute approximate surface area is 177 Å². The molecule has 2 unspecified atom stereocenters. The summed E-state index contributed by atoms with van der Waals surface area (Å²) in [5.74, 6) is 0. The van der Waals surface area contributed by atoms with Gasteiger partial charge in [0.15, 0.2) is 0 Å². The van der Waals surface area contributed by atoms with E-state index in [0.29, 0.717) is 0 Å². The maximum atomic E-state index is 13.3. The number of rotatable bonds is 0. The van der Waals surface area contributed by atoms with Crippen molar-refractivity contribution in [2.75, 3.05) is 0 Å². The van der Waals surface area contributed by atoms with Crippen molar-refractivity contribution >= 4 is 0 Å². The topological polar surface area (TPSA) is 97.9 Å². The fourth-order valence-corrected chi connectivity index (χ4v) is 9.89. The molecule has 0 amide bonds. The van der Waals surface area contributed by atoms with E-state index in [2.05, 4.69) is 27.7 Å². The molecule has 9 rings (SSSR count). The molecule has 0 N–H and O–H groups in total. The molecule has 0 saturated heterocycles. The zero-order chi connectivity index (χ0) is 22.3. The highest BCUT2D eigenvalue weighted by Crippen LogP contribution is 2.94. The van der Waals surface area contributed by atoms with Crippen molar-refractivity contribution in [1.82, 2.24) is 27.9 Å². The Kier molecular flexibility index (Phi) is 2.40. The number of nitrogens with zero attached hydrogens (tertiary/aromatic N) is 6. The molecule has 2 aromatic rings. The molecule has 0 radical (unpaired) electrons. The van der Waals surface area contributed by atoms with Crippen LogP contribution in [0.5, 0.6) is 0 Å². The smallest absolute Gasteiger partial charge is 0.246 e. The van der Waals surface area contributed by atoms with Crippen molar-refractivity contribution in [2.45, 2.75) is 82.0 Å². The molecule has 4 bridgehead atoms. The first-order chi connectivity index (χ1) is 14.3. The molecule has 0 aromatic carbocycles. The first-order valence-electron chi connectivity index (χ1n) is 11.2. The normalized spacial score (nSPS) is 47.7. The highest BCUT2D eigenvalue weighted by molar-refractivity contribution is 5.45. The summed E-state index contributed by atoms with van der Waals surface area (Å²) in [5, 5.41) is 0. The Morgan fingerprint density at radius 1 is 0.516 bits per heavy atom. The lowest BCUT2D eigenvalue weighted by Gasteiger charge is -2.72. The predicted octanol–water partition coefficient (Wildman–Crippen LogP) is -0.437. The van der Waals surface area contributed by atoms with Gasteiger partial charge in [0.05, 0.1) is 22.2 Å². The van der Waals surface area contributed by atoms with Crippen molar-refractivity contribution in [3.63, 3.8) is 0 Å². The van der Waals surface area contributed by atoms with E-state index < -0.39 is 22.2 Å². The molecular formula is C21H28N6O4. The molecule has 4 aliphatic heterocycles. The molecule has 6 heterocycles. The minimum absolute atomic E-state index is 0.290. The van der Waals surface area contributed by atoms with Crippen LogP contribution in [-0.4, -0.2) is 27.9 Å². The van der Waals surface area contributed by atoms with Gasteiger partial charge >= 0.3 is 22.8 Å². The highest BCUT2D eigenvalue weighted by Gasteiger charge is 2.98. The molecule has 6 atom stereocenters. The summed E-state index contributed by atoms with van der Waals surface area (Å²) in [6, 6.07) is 0. The van der Waals surface area contributed by atoms with E-state index in [1.165, 1.54) is 9.13 Å². The first kappa shape index (κ1) is 18.1. The van der Waals surface area contributed by atoms with Gasteiger partial charge in [0, 0.05) is 24.9 Å². The Balaban J connectivity index is 1.74. The van der Waals surface area contributed by atoms with E-state index in [1.807, 2.05) is 0 Å².